The summed E-state index contributed by atoms with van der Waals surface area (Å²) in [6, 6.07) is 5.24. The van der Waals surface area contributed by atoms with E-state index in [4.69, 9.17) is 4.74 Å². The van der Waals surface area contributed by atoms with Gasteiger partial charge in [-0.2, -0.15) is 0 Å². The minimum absolute atomic E-state index is 0. The van der Waals surface area contributed by atoms with E-state index in [2.05, 4.69) is 31.9 Å². The van der Waals surface area contributed by atoms with Gasteiger partial charge in [-0.1, -0.05) is 22.0 Å². The van der Waals surface area contributed by atoms with Crippen LogP contribution in [0, 0.1) is 6.92 Å². The van der Waals surface area contributed by atoms with E-state index in [0.29, 0.717) is 19.8 Å². The summed E-state index contributed by atoms with van der Waals surface area (Å²) in [5.74, 6) is -0.489. The second-order valence-corrected chi connectivity index (χ2v) is 5.72. The van der Waals surface area contributed by atoms with Gasteiger partial charge in [0.1, 0.15) is 6.04 Å². The fourth-order valence-electron chi connectivity index (χ4n) is 1.95. The van der Waals surface area contributed by atoms with E-state index in [0.717, 1.165) is 15.7 Å². The first kappa shape index (κ1) is 18.9. The Hall–Kier alpha value is -1.15. The maximum Gasteiger partial charge on any atom is 0.243 e. The number of aryl methyl sites for hydroxylation is 1. The van der Waals surface area contributed by atoms with Crippen molar-refractivity contribution in [2.75, 3.05) is 31.6 Å². The zero-order chi connectivity index (χ0) is 15.2. The van der Waals surface area contributed by atoms with Crippen molar-refractivity contribution in [2.24, 2.45) is 0 Å². The fourth-order valence-corrected chi connectivity index (χ4v) is 2.31. The van der Waals surface area contributed by atoms with Gasteiger partial charge in [0.05, 0.1) is 19.8 Å². The highest BCUT2D eigenvalue weighted by atomic mass is 79.9. The fraction of sp³-hybridized carbons (Fsp3) is 0.429. The third-order valence-corrected chi connectivity index (χ3v) is 3.63. The van der Waals surface area contributed by atoms with Crippen LogP contribution in [0.15, 0.2) is 22.7 Å². The molecule has 0 aliphatic carbocycles. The molecule has 3 N–H and O–H groups in total. The Labute approximate surface area is 143 Å². The lowest BCUT2D eigenvalue weighted by Gasteiger charge is -2.22. The number of rotatable bonds is 4. The van der Waals surface area contributed by atoms with Crippen LogP contribution in [0.1, 0.15) is 5.56 Å². The average Bonchev–Trinajstić information content (AvgIpc) is 2.49. The lowest BCUT2D eigenvalue weighted by molar-refractivity contribution is -0.128. The van der Waals surface area contributed by atoms with Gasteiger partial charge in [0.2, 0.25) is 11.8 Å². The number of ether oxygens (including phenoxy) is 1. The molecular weight excluding hydrogens is 374 g/mol. The van der Waals surface area contributed by atoms with Crippen molar-refractivity contribution in [1.82, 2.24) is 10.6 Å². The third kappa shape index (κ3) is 5.57. The van der Waals surface area contributed by atoms with Crippen molar-refractivity contribution in [2.45, 2.75) is 13.0 Å². The first-order valence-electron chi connectivity index (χ1n) is 6.71. The topological polar surface area (TPSA) is 79.5 Å². The van der Waals surface area contributed by atoms with Crippen LogP contribution in [0.5, 0.6) is 0 Å². The molecule has 1 atom stereocenters. The summed E-state index contributed by atoms with van der Waals surface area (Å²) in [4.78, 5) is 23.7. The van der Waals surface area contributed by atoms with Crippen molar-refractivity contribution < 1.29 is 14.3 Å². The number of hydrogen-bond donors (Lipinski definition) is 3. The highest BCUT2D eigenvalue weighted by molar-refractivity contribution is 9.10. The molecule has 122 valence electrons. The molecule has 0 saturated carbocycles. The second-order valence-electron chi connectivity index (χ2n) is 4.81. The van der Waals surface area contributed by atoms with Crippen LogP contribution in [0.2, 0.25) is 0 Å². The van der Waals surface area contributed by atoms with E-state index in [1.165, 1.54) is 0 Å². The van der Waals surface area contributed by atoms with Crippen LogP contribution in [-0.2, 0) is 14.3 Å². The third-order valence-electron chi connectivity index (χ3n) is 3.14. The van der Waals surface area contributed by atoms with Gasteiger partial charge in [0.15, 0.2) is 0 Å². The Bertz CT molecular complexity index is 536. The van der Waals surface area contributed by atoms with Gasteiger partial charge >= 0.3 is 0 Å². The van der Waals surface area contributed by atoms with Crippen LogP contribution < -0.4 is 16.0 Å². The van der Waals surface area contributed by atoms with Crippen molar-refractivity contribution >= 4 is 45.8 Å². The molecule has 2 rings (SSSR count). The van der Waals surface area contributed by atoms with E-state index >= 15 is 0 Å². The summed E-state index contributed by atoms with van der Waals surface area (Å²) < 4.78 is 6.09. The zero-order valence-corrected chi connectivity index (χ0v) is 14.6. The van der Waals surface area contributed by atoms with Gasteiger partial charge in [-0.25, -0.2) is 0 Å². The molecule has 6 nitrogen and oxygen atoms in total. The number of nitrogens with one attached hydrogen (secondary N) is 3. The second kappa shape index (κ2) is 9.09. The Kier molecular flexibility index (Phi) is 7.81. The van der Waals surface area contributed by atoms with Crippen molar-refractivity contribution in [3.63, 3.8) is 0 Å². The smallest absolute Gasteiger partial charge is 0.243 e. The normalized spacial score (nSPS) is 17.3. The van der Waals surface area contributed by atoms with Crippen LogP contribution in [-0.4, -0.2) is 44.2 Å². The summed E-state index contributed by atoms with van der Waals surface area (Å²) in [6.45, 7) is 3.42. The largest absolute Gasteiger partial charge is 0.378 e. The summed E-state index contributed by atoms with van der Waals surface area (Å²) in [5, 5.41) is 8.41. The van der Waals surface area contributed by atoms with Gasteiger partial charge in [-0.3, -0.25) is 9.59 Å². The predicted molar refractivity (Wildman–Crippen MR) is 90.4 cm³/mol. The van der Waals surface area contributed by atoms with Gasteiger partial charge in [0.25, 0.3) is 0 Å². The highest BCUT2D eigenvalue weighted by Gasteiger charge is 2.21. The molecule has 0 spiro atoms. The number of halogens is 2. The monoisotopic (exact) mass is 391 g/mol. The standard InChI is InChI=1S/C14H18BrN3O3.ClH/c1-9-2-3-10(15)6-11(9)18-13(19)7-17-14(20)12-8-21-5-4-16-12;/h2-3,6,12,16H,4-5,7-8H2,1H3,(H,17,20)(H,18,19);1H. The maximum absolute atomic E-state index is 11.9. The van der Waals surface area contributed by atoms with Crippen molar-refractivity contribution in [3.8, 4) is 0 Å². The maximum atomic E-state index is 11.9. The van der Waals surface area contributed by atoms with Crippen LogP contribution in [0.3, 0.4) is 0 Å². The molecule has 1 aliphatic rings. The molecule has 0 radical (unpaired) electrons. The average molecular weight is 393 g/mol. The molecule has 1 unspecified atom stereocenters. The number of benzene rings is 1. The molecule has 1 aliphatic heterocycles. The Morgan fingerprint density at radius 2 is 2.23 bits per heavy atom. The number of carbonyl (C=O) groups excluding carboxylic acids is 2. The molecule has 1 aromatic rings. The summed E-state index contributed by atoms with van der Waals surface area (Å²) in [6.07, 6.45) is 0. The number of carbonyl (C=O) groups is 2. The number of hydrogen-bond acceptors (Lipinski definition) is 4. The molecular formula is C14H19BrClN3O3. The van der Waals surface area contributed by atoms with E-state index in [9.17, 15) is 9.59 Å². The molecule has 1 fully saturated rings. The van der Waals surface area contributed by atoms with E-state index in [-0.39, 0.29) is 36.8 Å². The summed E-state index contributed by atoms with van der Waals surface area (Å²) in [5.41, 5.74) is 1.68. The van der Waals surface area contributed by atoms with Gasteiger partial charge in [-0.05, 0) is 24.6 Å². The quantitative estimate of drug-likeness (QED) is 0.720. The number of anilines is 1. The van der Waals surface area contributed by atoms with Crippen LogP contribution in [0.25, 0.3) is 0 Å². The molecule has 22 heavy (non-hydrogen) atoms. The minimum Gasteiger partial charge on any atom is -0.378 e. The molecule has 0 aromatic heterocycles. The van der Waals surface area contributed by atoms with Crippen LogP contribution >= 0.6 is 28.3 Å². The Morgan fingerprint density at radius 1 is 1.45 bits per heavy atom. The summed E-state index contributed by atoms with van der Waals surface area (Å²) >= 11 is 3.36. The SMILES string of the molecule is Cc1ccc(Br)cc1NC(=O)CNC(=O)C1COCCN1.Cl. The van der Waals surface area contributed by atoms with Gasteiger partial charge in [0, 0.05) is 16.7 Å². The predicted octanol–water partition coefficient (Wildman–Crippen LogP) is 1.22. The highest BCUT2D eigenvalue weighted by Crippen LogP contribution is 2.20. The van der Waals surface area contributed by atoms with E-state index in [1.54, 1.807) is 0 Å². The molecule has 1 saturated heterocycles. The van der Waals surface area contributed by atoms with E-state index < -0.39 is 0 Å². The molecule has 1 aromatic carbocycles. The first-order valence-corrected chi connectivity index (χ1v) is 7.50. The number of morpholine rings is 1. The summed E-state index contributed by atoms with van der Waals surface area (Å²) in [7, 11) is 0. The Balaban J connectivity index is 0.00000242. The van der Waals surface area contributed by atoms with E-state index in [1.807, 2.05) is 25.1 Å². The van der Waals surface area contributed by atoms with Gasteiger partial charge in [-0.15, -0.1) is 12.4 Å². The lowest BCUT2D eigenvalue weighted by atomic mass is 10.2. The molecule has 8 heteroatoms. The van der Waals surface area contributed by atoms with Crippen molar-refractivity contribution in [1.29, 1.82) is 0 Å². The molecule has 1 heterocycles. The lowest BCUT2D eigenvalue weighted by Crippen LogP contribution is -2.52. The molecule has 2 amide bonds. The molecule has 0 bridgehead atoms. The zero-order valence-electron chi connectivity index (χ0n) is 12.1. The Morgan fingerprint density at radius 3 is 2.91 bits per heavy atom. The number of amides is 2. The van der Waals surface area contributed by atoms with Crippen LogP contribution in [0.4, 0.5) is 5.69 Å². The van der Waals surface area contributed by atoms with Gasteiger partial charge < -0.3 is 20.7 Å². The minimum atomic E-state index is -0.390. The van der Waals surface area contributed by atoms with Crippen molar-refractivity contribution in [3.05, 3.63) is 28.2 Å². The first-order chi connectivity index (χ1) is 10.1.